The maximum Gasteiger partial charge on any atom is 0.338 e. The summed E-state index contributed by atoms with van der Waals surface area (Å²) in [4.78, 5) is 22.5. The van der Waals surface area contributed by atoms with Gasteiger partial charge >= 0.3 is 11.9 Å². The van der Waals surface area contributed by atoms with Crippen molar-refractivity contribution in [1.29, 1.82) is 0 Å². The summed E-state index contributed by atoms with van der Waals surface area (Å²) in [5.41, 5.74) is 2.78. The van der Waals surface area contributed by atoms with E-state index in [0.29, 0.717) is 5.33 Å². The molecule has 0 radical (unpaired) electrons. The third kappa shape index (κ3) is 4.17. The molecule has 0 rings (SSSR count). The SMILES string of the molecule is CC(C)(C)OC(=O)C(N)(CCBr)C(=O)O. The number of carboxylic acid groups (broad SMARTS) is 1. The third-order valence-electron chi connectivity index (χ3n) is 1.63. The highest BCUT2D eigenvalue weighted by Gasteiger charge is 2.44. The van der Waals surface area contributed by atoms with E-state index in [1.807, 2.05) is 0 Å². The van der Waals surface area contributed by atoms with E-state index in [-0.39, 0.29) is 6.42 Å². The Balaban J connectivity index is 4.79. The van der Waals surface area contributed by atoms with Crippen molar-refractivity contribution < 1.29 is 19.4 Å². The summed E-state index contributed by atoms with van der Waals surface area (Å²) in [6, 6.07) is 0. The van der Waals surface area contributed by atoms with Crippen LogP contribution in [0, 0.1) is 0 Å². The minimum absolute atomic E-state index is 0.0166. The molecule has 0 aliphatic heterocycles. The van der Waals surface area contributed by atoms with E-state index in [1.54, 1.807) is 20.8 Å². The Morgan fingerprint density at radius 3 is 2.13 bits per heavy atom. The second-order valence-electron chi connectivity index (χ2n) is 4.22. The largest absolute Gasteiger partial charge is 0.479 e. The molecule has 3 N–H and O–H groups in total. The van der Waals surface area contributed by atoms with E-state index in [4.69, 9.17) is 15.6 Å². The maximum atomic E-state index is 11.6. The number of halogens is 1. The zero-order valence-corrected chi connectivity index (χ0v) is 10.6. The Morgan fingerprint density at radius 1 is 1.40 bits per heavy atom. The van der Waals surface area contributed by atoms with Gasteiger partial charge in [-0.25, -0.2) is 9.59 Å². The molecule has 0 aliphatic rings. The number of ether oxygens (including phenoxy) is 1. The molecule has 88 valence electrons. The van der Waals surface area contributed by atoms with E-state index in [2.05, 4.69) is 15.9 Å². The second kappa shape index (κ2) is 4.94. The van der Waals surface area contributed by atoms with Gasteiger partial charge in [0.2, 0.25) is 5.54 Å². The summed E-state index contributed by atoms with van der Waals surface area (Å²) >= 11 is 3.05. The molecule has 15 heavy (non-hydrogen) atoms. The first-order chi connectivity index (χ1) is 6.63. The molecule has 6 heteroatoms. The lowest BCUT2D eigenvalue weighted by Crippen LogP contribution is -2.57. The molecule has 0 saturated carbocycles. The molecule has 0 aromatic rings. The van der Waals surface area contributed by atoms with Crippen molar-refractivity contribution in [3.8, 4) is 0 Å². The fourth-order valence-corrected chi connectivity index (χ4v) is 1.44. The van der Waals surface area contributed by atoms with Gasteiger partial charge in [-0.15, -0.1) is 0 Å². The zero-order chi connectivity index (χ0) is 12.3. The van der Waals surface area contributed by atoms with Crippen LogP contribution in [0.15, 0.2) is 0 Å². The fourth-order valence-electron chi connectivity index (χ4n) is 0.815. The Hall–Kier alpha value is -0.620. The average Bonchev–Trinajstić information content (AvgIpc) is 2.00. The van der Waals surface area contributed by atoms with Crippen molar-refractivity contribution in [3.05, 3.63) is 0 Å². The first-order valence-electron chi connectivity index (χ1n) is 4.45. The molecule has 1 atom stereocenters. The first-order valence-corrected chi connectivity index (χ1v) is 5.57. The maximum absolute atomic E-state index is 11.6. The smallest absolute Gasteiger partial charge is 0.338 e. The summed E-state index contributed by atoms with van der Waals surface area (Å²) in [5.74, 6) is -2.29. The summed E-state index contributed by atoms with van der Waals surface area (Å²) in [6.45, 7) is 4.96. The van der Waals surface area contributed by atoms with E-state index in [1.165, 1.54) is 0 Å². The van der Waals surface area contributed by atoms with Crippen LogP contribution in [0.4, 0.5) is 0 Å². The number of hydrogen-bond donors (Lipinski definition) is 2. The number of hydrogen-bond acceptors (Lipinski definition) is 4. The van der Waals surface area contributed by atoms with Gasteiger partial charge in [-0.3, -0.25) is 0 Å². The van der Waals surface area contributed by atoms with Crippen molar-refractivity contribution in [2.45, 2.75) is 38.3 Å². The van der Waals surface area contributed by atoms with E-state index in [9.17, 15) is 9.59 Å². The minimum Gasteiger partial charge on any atom is -0.479 e. The van der Waals surface area contributed by atoms with Crippen LogP contribution in [-0.4, -0.2) is 33.5 Å². The zero-order valence-electron chi connectivity index (χ0n) is 9.04. The van der Waals surface area contributed by atoms with Gasteiger partial charge in [0, 0.05) is 5.33 Å². The number of carboxylic acids is 1. The van der Waals surface area contributed by atoms with Gasteiger partial charge in [-0.05, 0) is 27.2 Å². The van der Waals surface area contributed by atoms with Gasteiger partial charge in [-0.1, -0.05) is 15.9 Å². The molecular weight excluding hydrogens is 266 g/mol. The highest BCUT2D eigenvalue weighted by molar-refractivity contribution is 9.09. The first kappa shape index (κ1) is 14.4. The molecular formula is C9H16BrNO4. The molecule has 0 spiro atoms. The average molecular weight is 282 g/mol. The van der Waals surface area contributed by atoms with Crippen LogP contribution in [0.3, 0.4) is 0 Å². The lowest BCUT2D eigenvalue weighted by atomic mass is 9.98. The number of rotatable bonds is 4. The van der Waals surface area contributed by atoms with Crippen LogP contribution < -0.4 is 5.73 Å². The van der Waals surface area contributed by atoms with Gasteiger partial charge in [0.15, 0.2) is 0 Å². The Labute approximate surface area is 97.1 Å². The van der Waals surface area contributed by atoms with Crippen LogP contribution >= 0.6 is 15.9 Å². The Bertz CT molecular complexity index is 261. The van der Waals surface area contributed by atoms with Gasteiger partial charge < -0.3 is 15.6 Å². The number of nitrogens with two attached hydrogens (primary N) is 1. The molecule has 0 aromatic carbocycles. The fraction of sp³-hybridized carbons (Fsp3) is 0.778. The molecule has 0 bridgehead atoms. The number of carbonyl (C=O) groups is 2. The van der Waals surface area contributed by atoms with Crippen molar-refractivity contribution in [3.63, 3.8) is 0 Å². The Morgan fingerprint density at radius 2 is 1.87 bits per heavy atom. The van der Waals surface area contributed by atoms with Gasteiger partial charge in [0.1, 0.15) is 5.60 Å². The van der Waals surface area contributed by atoms with Crippen LogP contribution in [0.1, 0.15) is 27.2 Å². The highest BCUT2D eigenvalue weighted by atomic mass is 79.9. The predicted molar refractivity (Wildman–Crippen MR) is 58.8 cm³/mol. The molecule has 5 nitrogen and oxygen atoms in total. The Kier molecular flexibility index (Phi) is 4.73. The van der Waals surface area contributed by atoms with E-state index < -0.39 is 23.1 Å². The van der Waals surface area contributed by atoms with Crippen LogP contribution in [0.5, 0.6) is 0 Å². The summed E-state index contributed by atoms with van der Waals surface area (Å²) in [5, 5.41) is 9.20. The van der Waals surface area contributed by atoms with Crippen molar-refractivity contribution in [2.24, 2.45) is 5.73 Å². The lowest BCUT2D eigenvalue weighted by molar-refractivity contribution is -0.169. The standard InChI is InChI=1S/C9H16BrNO4/c1-8(2,3)15-7(14)9(11,4-5-10)6(12)13/h4-5,11H2,1-3H3,(H,12,13). The number of carbonyl (C=O) groups excluding carboxylic acids is 1. The molecule has 0 saturated heterocycles. The predicted octanol–water partition coefficient (Wildman–Crippen LogP) is 0.895. The molecule has 0 aromatic heterocycles. The summed E-state index contributed by atoms with van der Waals surface area (Å²) in [7, 11) is 0. The van der Waals surface area contributed by atoms with Crippen molar-refractivity contribution in [1.82, 2.24) is 0 Å². The molecule has 1 unspecified atom stereocenters. The van der Waals surface area contributed by atoms with Crippen molar-refractivity contribution in [2.75, 3.05) is 5.33 Å². The summed E-state index contributed by atoms with van der Waals surface area (Å²) in [6.07, 6.45) is -0.0166. The molecule has 0 amide bonds. The molecule has 0 aliphatic carbocycles. The number of esters is 1. The summed E-state index contributed by atoms with van der Waals surface area (Å²) < 4.78 is 4.95. The molecule has 0 heterocycles. The van der Waals surface area contributed by atoms with Gasteiger partial charge in [0.25, 0.3) is 0 Å². The van der Waals surface area contributed by atoms with E-state index in [0.717, 1.165) is 0 Å². The minimum atomic E-state index is -1.98. The third-order valence-corrected chi connectivity index (χ3v) is 2.03. The van der Waals surface area contributed by atoms with Gasteiger partial charge in [-0.2, -0.15) is 0 Å². The number of aliphatic carboxylic acids is 1. The van der Waals surface area contributed by atoms with Crippen LogP contribution in [0.25, 0.3) is 0 Å². The normalized spacial score (nSPS) is 15.5. The van der Waals surface area contributed by atoms with Crippen molar-refractivity contribution >= 4 is 27.9 Å². The number of alkyl halides is 1. The van der Waals surface area contributed by atoms with Crippen LogP contribution in [-0.2, 0) is 14.3 Å². The second-order valence-corrected chi connectivity index (χ2v) is 5.01. The monoisotopic (exact) mass is 281 g/mol. The van der Waals surface area contributed by atoms with Crippen LogP contribution in [0.2, 0.25) is 0 Å². The lowest BCUT2D eigenvalue weighted by Gasteiger charge is -2.27. The molecule has 0 fully saturated rings. The quantitative estimate of drug-likeness (QED) is 0.454. The topological polar surface area (TPSA) is 89.6 Å². The van der Waals surface area contributed by atoms with Gasteiger partial charge in [0.05, 0.1) is 0 Å². The highest BCUT2D eigenvalue weighted by Crippen LogP contribution is 2.17. The van der Waals surface area contributed by atoms with E-state index >= 15 is 0 Å².